The van der Waals surface area contributed by atoms with Gasteiger partial charge in [0.1, 0.15) is 5.82 Å². The van der Waals surface area contributed by atoms with Gasteiger partial charge in [0, 0.05) is 36.3 Å². The molecular weight excluding hydrogens is 379 g/mol. The van der Waals surface area contributed by atoms with E-state index < -0.39 is 5.82 Å². The summed E-state index contributed by atoms with van der Waals surface area (Å²) in [6.07, 6.45) is 6.17. The van der Waals surface area contributed by atoms with E-state index in [1.54, 1.807) is 23.2 Å². The number of benzene rings is 2. The van der Waals surface area contributed by atoms with E-state index in [0.29, 0.717) is 25.6 Å². The predicted octanol–water partition coefficient (Wildman–Crippen LogP) is 3.57. The zero-order valence-corrected chi connectivity index (χ0v) is 16.9. The Morgan fingerprint density at radius 2 is 2.00 bits per heavy atom. The molecule has 5 nitrogen and oxygen atoms in total. The number of nitrogens with one attached hydrogen (secondary N) is 1. The molecule has 0 spiro atoms. The van der Waals surface area contributed by atoms with Crippen LogP contribution in [0.3, 0.4) is 0 Å². The van der Waals surface area contributed by atoms with Crippen LogP contribution in [0.15, 0.2) is 48.7 Å². The highest BCUT2D eigenvalue weighted by atomic mass is 19.1. The lowest BCUT2D eigenvalue weighted by atomic mass is 10.0. The van der Waals surface area contributed by atoms with Crippen molar-refractivity contribution in [2.45, 2.75) is 31.7 Å². The number of carbonyl (C=O) groups excluding carboxylic acids is 1. The van der Waals surface area contributed by atoms with E-state index in [9.17, 15) is 9.18 Å². The molecule has 2 aromatic carbocycles. The van der Waals surface area contributed by atoms with Gasteiger partial charge in [-0.05, 0) is 36.6 Å². The summed E-state index contributed by atoms with van der Waals surface area (Å²) in [5, 5.41) is 13.9. The average molecular weight is 404 g/mol. The quantitative estimate of drug-likeness (QED) is 0.654. The minimum absolute atomic E-state index is 0.136. The first-order valence-electron chi connectivity index (χ1n) is 10.7. The van der Waals surface area contributed by atoms with Gasteiger partial charge in [-0.2, -0.15) is 10.2 Å². The van der Waals surface area contributed by atoms with E-state index >= 15 is 0 Å². The molecule has 0 atom stereocenters. The molecule has 5 rings (SSSR count). The number of hydrogen-bond acceptors (Lipinski definition) is 4. The second kappa shape index (κ2) is 8.11. The summed E-state index contributed by atoms with van der Waals surface area (Å²) >= 11 is 0. The first-order chi connectivity index (χ1) is 14.7. The molecule has 0 radical (unpaired) electrons. The number of nitrogens with zero attached hydrogens (tertiary/aromatic N) is 3. The first-order valence-corrected chi connectivity index (χ1v) is 10.7. The fourth-order valence-electron chi connectivity index (χ4n) is 4.10. The molecule has 3 aromatic rings. The van der Waals surface area contributed by atoms with E-state index in [4.69, 9.17) is 0 Å². The number of rotatable bonds is 7. The molecule has 2 fully saturated rings. The number of hydrogen-bond donors (Lipinski definition) is 1. The molecule has 1 saturated carbocycles. The largest absolute Gasteiger partial charge is 0.335 e. The van der Waals surface area contributed by atoms with Gasteiger partial charge in [0.2, 0.25) is 0 Å². The molecule has 1 aliphatic heterocycles. The van der Waals surface area contributed by atoms with Crippen LogP contribution in [0.4, 0.5) is 4.39 Å². The maximum atomic E-state index is 14.4. The molecule has 0 unspecified atom stereocenters. The molecule has 6 heteroatoms. The number of aromatic nitrogens is 2. The zero-order valence-electron chi connectivity index (χ0n) is 16.9. The van der Waals surface area contributed by atoms with Crippen LogP contribution in [0.1, 0.15) is 40.9 Å². The number of fused-ring (bicyclic) bond motifs is 1. The van der Waals surface area contributed by atoms with Crippen LogP contribution >= 0.6 is 0 Å². The fraction of sp³-hybridized carbons (Fsp3) is 0.375. The van der Waals surface area contributed by atoms with Crippen LogP contribution < -0.4 is 5.32 Å². The number of likely N-dealkylation sites (tertiary alicyclic amines) is 1. The van der Waals surface area contributed by atoms with Crippen molar-refractivity contribution >= 4 is 16.7 Å². The van der Waals surface area contributed by atoms with Gasteiger partial charge in [0.25, 0.3) is 5.91 Å². The van der Waals surface area contributed by atoms with Crippen molar-refractivity contribution in [3.05, 3.63) is 71.3 Å². The van der Waals surface area contributed by atoms with Crippen LogP contribution in [0.5, 0.6) is 0 Å². The van der Waals surface area contributed by atoms with Crippen molar-refractivity contribution in [3.8, 4) is 0 Å². The monoisotopic (exact) mass is 404 g/mol. The summed E-state index contributed by atoms with van der Waals surface area (Å²) in [6.45, 7) is 2.29. The summed E-state index contributed by atoms with van der Waals surface area (Å²) < 4.78 is 14.4. The van der Waals surface area contributed by atoms with Gasteiger partial charge in [-0.15, -0.1) is 0 Å². The Kier molecular flexibility index (Phi) is 5.17. The lowest BCUT2D eigenvalue weighted by Gasteiger charge is -2.40. The molecule has 0 bridgehead atoms. The fourth-order valence-corrected chi connectivity index (χ4v) is 4.10. The van der Waals surface area contributed by atoms with E-state index in [0.717, 1.165) is 34.5 Å². The van der Waals surface area contributed by atoms with Gasteiger partial charge >= 0.3 is 0 Å². The van der Waals surface area contributed by atoms with Crippen LogP contribution in [-0.4, -0.2) is 46.7 Å². The topological polar surface area (TPSA) is 58.1 Å². The van der Waals surface area contributed by atoms with Crippen molar-refractivity contribution in [1.29, 1.82) is 0 Å². The molecular formula is C24H25FN4O. The second-order valence-corrected chi connectivity index (χ2v) is 8.46. The Hall–Kier alpha value is -2.86. The van der Waals surface area contributed by atoms with Crippen LogP contribution in [0.25, 0.3) is 10.8 Å². The molecule has 1 N–H and O–H groups in total. The van der Waals surface area contributed by atoms with E-state index in [1.165, 1.54) is 25.3 Å². The smallest absolute Gasteiger partial charge is 0.256 e. The van der Waals surface area contributed by atoms with Crippen molar-refractivity contribution in [2.24, 2.45) is 5.92 Å². The van der Waals surface area contributed by atoms with Gasteiger partial charge in [0.05, 0.1) is 17.5 Å². The minimum atomic E-state index is -0.474. The summed E-state index contributed by atoms with van der Waals surface area (Å²) in [7, 11) is 0. The Labute approximate surface area is 175 Å². The average Bonchev–Trinajstić information content (AvgIpc) is 3.55. The molecule has 2 aliphatic rings. The van der Waals surface area contributed by atoms with Gasteiger partial charge in [-0.1, -0.05) is 43.2 Å². The van der Waals surface area contributed by atoms with Crippen LogP contribution in [0.2, 0.25) is 0 Å². The Balaban J connectivity index is 1.26. The second-order valence-electron chi connectivity index (χ2n) is 8.46. The standard InChI is InChI=1S/C24H25FN4O/c25-22-8-7-17(12-23-20-4-2-1-3-18(20)13-27-28-23)11-21(22)24(30)29-14-19(15-29)26-10-9-16-5-6-16/h1-4,7-8,11,13,16,19,26H,5-6,9-10,12,14-15H2. The van der Waals surface area contributed by atoms with Crippen molar-refractivity contribution in [3.63, 3.8) is 0 Å². The van der Waals surface area contributed by atoms with Crippen molar-refractivity contribution < 1.29 is 9.18 Å². The van der Waals surface area contributed by atoms with E-state index in [2.05, 4.69) is 15.5 Å². The van der Waals surface area contributed by atoms with Crippen LogP contribution in [0, 0.1) is 11.7 Å². The van der Waals surface area contributed by atoms with Gasteiger partial charge in [0.15, 0.2) is 0 Å². The summed E-state index contributed by atoms with van der Waals surface area (Å²) in [5.41, 5.74) is 1.81. The summed E-state index contributed by atoms with van der Waals surface area (Å²) in [4.78, 5) is 14.5. The summed E-state index contributed by atoms with van der Waals surface area (Å²) in [5.74, 6) is 0.190. The Morgan fingerprint density at radius 1 is 1.17 bits per heavy atom. The minimum Gasteiger partial charge on any atom is -0.335 e. The highest BCUT2D eigenvalue weighted by Gasteiger charge is 2.32. The van der Waals surface area contributed by atoms with Crippen molar-refractivity contribution in [1.82, 2.24) is 20.4 Å². The van der Waals surface area contributed by atoms with Gasteiger partial charge in [-0.3, -0.25) is 4.79 Å². The lowest BCUT2D eigenvalue weighted by Crippen LogP contribution is -2.60. The molecule has 2 heterocycles. The summed E-state index contributed by atoms with van der Waals surface area (Å²) in [6, 6.07) is 13.0. The van der Waals surface area contributed by atoms with E-state index in [-0.39, 0.29) is 11.5 Å². The Bertz CT molecular complexity index is 1070. The molecule has 1 aliphatic carbocycles. The first kappa shape index (κ1) is 19.1. The molecule has 1 amide bonds. The molecule has 154 valence electrons. The lowest BCUT2D eigenvalue weighted by molar-refractivity contribution is 0.0562. The van der Waals surface area contributed by atoms with E-state index in [1.807, 2.05) is 24.3 Å². The normalized spacial score (nSPS) is 16.6. The zero-order chi connectivity index (χ0) is 20.5. The van der Waals surface area contributed by atoms with Crippen molar-refractivity contribution in [2.75, 3.05) is 19.6 Å². The number of amides is 1. The van der Waals surface area contributed by atoms with Crippen LogP contribution in [-0.2, 0) is 6.42 Å². The molecule has 1 saturated heterocycles. The maximum absolute atomic E-state index is 14.4. The molecule has 30 heavy (non-hydrogen) atoms. The Morgan fingerprint density at radius 3 is 2.83 bits per heavy atom. The maximum Gasteiger partial charge on any atom is 0.256 e. The SMILES string of the molecule is O=C(c1cc(Cc2nncc3ccccc23)ccc1F)N1CC(NCCC2CC2)C1. The highest BCUT2D eigenvalue weighted by molar-refractivity contribution is 5.95. The third-order valence-electron chi connectivity index (χ3n) is 6.13. The molecule has 1 aromatic heterocycles. The number of carbonyl (C=O) groups is 1. The van der Waals surface area contributed by atoms with Gasteiger partial charge < -0.3 is 10.2 Å². The third-order valence-corrected chi connectivity index (χ3v) is 6.13. The van der Waals surface area contributed by atoms with Gasteiger partial charge in [-0.25, -0.2) is 4.39 Å². The highest BCUT2D eigenvalue weighted by Crippen LogP contribution is 2.31. The third kappa shape index (κ3) is 4.05. The predicted molar refractivity (Wildman–Crippen MR) is 114 cm³/mol. The number of halogens is 1.